The Hall–Kier alpha value is -0.731. The first-order valence-electron chi connectivity index (χ1n) is 11.5. The monoisotopic (exact) mass is 557 g/mol. The molecule has 182 valence electrons. The summed E-state index contributed by atoms with van der Waals surface area (Å²) >= 11 is -2.98. The third-order valence-electron chi connectivity index (χ3n) is 5.48. The normalized spacial score (nSPS) is 13.6. The molecular weight excluding hydrogens is 514 g/mol. The topological polar surface area (TPSA) is 55.4 Å². The van der Waals surface area contributed by atoms with Crippen LogP contribution >= 0.6 is 0 Å². The summed E-state index contributed by atoms with van der Waals surface area (Å²) in [4.78, 5) is 24.3. The van der Waals surface area contributed by atoms with Crippen molar-refractivity contribution >= 4 is 30.3 Å². The molecule has 0 fully saturated rings. The van der Waals surface area contributed by atoms with Crippen molar-refractivity contribution in [3.63, 3.8) is 0 Å². The van der Waals surface area contributed by atoms with E-state index in [1.807, 2.05) is 5.32 Å². The number of halogens is 3. The Labute approximate surface area is 190 Å². The molecule has 4 nitrogen and oxygen atoms in total. The maximum absolute atomic E-state index is 12.9. The van der Waals surface area contributed by atoms with Crippen molar-refractivity contribution in [3.8, 4) is 0 Å². The summed E-state index contributed by atoms with van der Waals surface area (Å²) in [5, 5.41) is 1.88. The van der Waals surface area contributed by atoms with Crippen molar-refractivity contribution in [3.05, 3.63) is 10.2 Å². The van der Waals surface area contributed by atoms with E-state index in [0.717, 1.165) is 55.4 Å². The van der Waals surface area contributed by atoms with Gasteiger partial charge in [0.1, 0.15) is 0 Å². The van der Waals surface area contributed by atoms with Gasteiger partial charge >= 0.3 is 191 Å². The number of carbonyl (C=O) groups excluding carboxylic acids is 2. The van der Waals surface area contributed by atoms with E-state index in [-0.39, 0.29) is 6.42 Å². The number of hydrogen-bond donors (Lipinski definition) is 1. The Kier molecular flexibility index (Phi) is 13.4. The second-order valence-electron chi connectivity index (χ2n) is 9.46. The Morgan fingerprint density at radius 1 is 0.935 bits per heavy atom. The van der Waals surface area contributed by atoms with Crippen LogP contribution in [0.1, 0.15) is 86.5 Å². The average molecular weight is 556 g/mol. The van der Waals surface area contributed by atoms with Crippen molar-refractivity contribution in [2.45, 2.75) is 118 Å². The van der Waals surface area contributed by atoms with Crippen LogP contribution < -0.4 is 5.32 Å². The van der Waals surface area contributed by atoms with Gasteiger partial charge in [0.25, 0.3) is 0 Å². The van der Waals surface area contributed by atoms with E-state index in [4.69, 9.17) is 4.74 Å². The van der Waals surface area contributed by atoms with Crippen molar-refractivity contribution in [2.75, 3.05) is 0 Å². The summed E-state index contributed by atoms with van der Waals surface area (Å²) in [7, 11) is 0. The molecule has 0 aliphatic heterocycles. The van der Waals surface area contributed by atoms with E-state index in [2.05, 4.69) is 27.4 Å². The summed E-state index contributed by atoms with van der Waals surface area (Å²) in [6, 6.07) is -1.37. The first-order valence-corrected chi connectivity index (χ1v) is 19.0. The Bertz CT molecular complexity index is 564. The minimum atomic E-state index is -5.06. The molecule has 0 aromatic rings. The van der Waals surface area contributed by atoms with Gasteiger partial charge in [0.2, 0.25) is 0 Å². The van der Waals surface area contributed by atoms with Crippen LogP contribution in [0.4, 0.5) is 13.2 Å². The first-order chi connectivity index (χ1) is 14.2. The number of rotatable bonds is 14. The van der Waals surface area contributed by atoms with Crippen LogP contribution in [0.3, 0.4) is 0 Å². The summed E-state index contributed by atoms with van der Waals surface area (Å²) in [6.07, 6.45) is 1.30. The SMILES string of the molecule is C=[C](C[C@@H](NC(=O)C(F)(F)F)C(=O)OC(C)(C)C)[Sn]([CH2]CCC)([CH2]CCC)[CH2]CCC. The van der Waals surface area contributed by atoms with Gasteiger partial charge in [-0.3, -0.25) is 0 Å². The Morgan fingerprint density at radius 3 is 1.68 bits per heavy atom. The summed E-state index contributed by atoms with van der Waals surface area (Å²) in [5.41, 5.74) is -0.868. The molecule has 0 saturated heterocycles. The number of carbonyl (C=O) groups is 2. The van der Waals surface area contributed by atoms with Gasteiger partial charge in [-0.25, -0.2) is 0 Å². The zero-order valence-corrected chi connectivity index (χ0v) is 23.1. The van der Waals surface area contributed by atoms with Crippen LogP contribution in [0, 0.1) is 0 Å². The van der Waals surface area contributed by atoms with Gasteiger partial charge in [-0.05, 0) is 0 Å². The third kappa shape index (κ3) is 11.6. The second-order valence-corrected chi connectivity index (χ2v) is 23.1. The summed E-state index contributed by atoms with van der Waals surface area (Å²) in [6.45, 7) is 15.7. The van der Waals surface area contributed by atoms with Gasteiger partial charge in [-0.15, -0.1) is 0 Å². The van der Waals surface area contributed by atoms with Gasteiger partial charge in [0.05, 0.1) is 0 Å². The fourth-order valence-corrected chi connectivity index (χ4v) is 19.5. The zero-order chi connectivity index (χ0) is 24.3. The van der Waals surface area contributed by atoms with Crippen LogP contribution in [-0.2, 0) is 14.3 Å². The molecule has 0 aliphatic rings. The molecule has 0 spiro atoms. The van der Waals surface area contributed by atoms with Crippen LogP contribution in [0.2, 0.25) is 13.3 Å². The van der Waals surface area contributed by atoms with Crippen molar-refractivity contribution in [2.24, 2.45) is 0 Å². The molecule has 1 amide bonds. The molecule has 31 heavy (non-hydrogen) atoms. The fraction of sp³-hybridized carbons (Fsp3) is 0.826. The van der Waals surface area contributed by atoms with Crippen LogP contribution in [0.5, 0.6) is 0 Å². The molecular formula is C23H42F3NO3Sn. The van der Waals surface area contributed by atoms with E-state index in [0.29, 0.717) is 0 Å². The van der Waals surface area contributed by atoms with Gasteiger partial charge in [0.15, 0.2) is 0 Å². The second kappa shape index (κ2) is 13.7. The standard InChI is InChI=1S/C11H15F3NO3.3C4H9.Sn/c1-5-6-7(8(16)18-10(2,3)4)15-9(17)11(12,13)14;3*1-3-4-2;/h7H,1,6H2,2-4H3,(H,15,17);3*1,3-4H2,2H3;/t7-;;;;/m1..../s1. The number of hydrogen-bond acceptors (Lipinski definition) is 3. The number of ether oxygens (including phenoxy) is 1. The molecule has 1 atom stereocenters. The van der Waals surface area contributed by atoms with Crippen molar-refractivity contribution in [1.29, 1.82) is 0 Å². The predicted octanol–water partition coefficient (Wildman–Crippen LogP) is 6.71. The number of esters is 1. The molecule has 0 bridgehead atoms. The van der Waals surface area contributed by atoms with E-state index < -0.39 is 48.1 Å². The molecule has 1 N–H and O–H groups in total. The summed E-state index contributed by atoms with van der Waals surface area (Å²) < 4.78 is 48.2. The number of alkyl halides is 3. The Morgan fingerprint density at radius 2 is 1.35 bits per heavy atom. The van der Waals surface area contributed by atoms with Gasteiger partial charge in [-0.2, -0.15) is 0 Å². The van der Waals surface area contributed by atoms with E-state index in [1.54, 1.807) is 20.8 Å². The quantitative estimate of drug-likeness (QED) is 0.191. The molecule has 0 saturated carbocycles. The minimum absolute atomic E-state index is 0.0317. The third-order valence-corrected chi connectivity index (χ3v) is 21.6. The molecule has 0 aliphatic carbocycles. The number of nitrogens with one attached hydrogen (secondary N) is 1. The van der Waals surface area contributed by atoms with Crippen LogP contribution in [0.25, 0.3) is 0 Å². The van der Waals surface area contributed by atoms with Gasteiger partial charge in [-0.1, -0.05) is 0 Å². The molecule has 0 aromatic heterocycles. The fourth-order valence-electron chi connectivity index (χ4n) is 3.72. The molecule has 0 radical (unpaired) electrons. The van der Waals surface area contributed by atoms with Gasteiger partial charge < -0.3 is 0 Å². The number of amides is 1. The average Bonchev–Trinajstić information content (AvgIpc) is 2.64. The molecule has 0 heterocycles. The predicted molar refractivity (Wildman–Crippen MR) is 122 cm³/mol. The molecule has 0 rings (SSSR count). The van der Waals surface area contributed by atoms with Crippen molar-refractivity contribution in [1.82, 2.24) is 5.32 Å². The molecule has 0 aromatic carbocycles. The maximum atomic E-state index is 12.9. The van der Waals surface area contributed by atoms with Gasteiger partial charge in [0, 0.05) is 0 Å². The zero-order valence-electron chi connectivity index (χ0n) is 20.2. The molecule has 0 unspecified atom stereocenters. The summed E-state index contributed by atoms with van der Waals surface area (Å²) in [5.74, 6) is -2.96. The first kappa shape index (κ1) is 30.3. The van der Waals surface area contributed by atoms with E-state index in [1.165, 1.54) is 0 Å². The number of unbranched alkanes of at least 4 members (excludes halogenated alkanes) is 3. The molecule has 8 heteroatoms. The van der Waals surface area contributed by atoms with Crippen molar-refractivity contribution < 1.29 is 27.5 Å². The van der Waals surface area contributed by atoms with E-state index >= 15 is 0 Å². The van der Waals surface area contributed by atoms with Crippen LogP contribution in [-0.4, -0.2) is 48.1 Å². The van der Waals surface area contributed by atoms with Crippen LogP contribution in [0.15, 0.2) is 10.2 Å². The Balaban J connectivity index is 5.88. The van der Waals surface area contributed by atoms with E-state index in [9.17, 15) is 22.8 Å².